The number of carbonyl (C=O) groups is 3. The van der Waals surface area contributed by atoms with E-state index >= 15 is 0 Å². The molecule has 16 heavy (non-hydrogen) atoms. The van der Waals surface area contributed by atoms with Gasteiger partial charge in [0.2, 0.25) is 12.3 Å². The Morgan fingerprint density at radius 3 is 2.62 bits per heavy atom. The van der Waals surface area contributed by atoms with E-state index in [9.17, 15) is 14.4 Å². The van der Waals surface area contributed by atoms with Gasteiger partial charge in [-0.25, -0.2) is 0 Å². The number of nitrogens with one attached hydrogen (secondary N) is 2. The molecule has 6 nitrogen and oxygen atoms in total. The van der Waals surface area contributed by atoms with Crippen LogP contribution in [-0.2, 0) is 19.1 Å². The molecule has 2 atom stereocenters. The van der Waals surface area contributed by atoms with Gasteiger partial charge in [-0.3, -0.25) is 14.4 Å². The first-order chi connectivity index (χ1) is 7.53. The number of amides is 2. The first-order valence-electron chi connectivity index (χ1n) is 5.18. The monoisotopic (exact) mass is 228 g/mol. The zero-order valence-electron chi connectivity index (χ0n) is 9.41. The second kappa shape index (κ2) is 5.07. The van der Waals surface area contributed by atoms with Crippen LogP contribution in [0.3, 0.4) is 0 Å². The SMILES string of the molecule is CC[C@H](NC(=O)CNC=O)C(=O)[C@@]1(C)CO1. The zero-order valence-corrected chi connectivity index (χ0v) is 9.41. The zero-order chi connectivity index (χ0) is 12.2. The van der Waals surface area contributed by atoms with Crippen LogP contribution in [0.2, 0.25) is 0 Å². The maximum atomic E-state index is 11.8. The number of ether oxygens (including phenoxy) is 1. The molecule has 1 heterocycles. The molecule has 1 aliphatic rings. The van der Waals surface area contributed by atoms with Crippen LogP contribution >= 0.6 is 0 Å². The van der Waals surface area contributed by atoms with Crippen molar-refractivity contribution in [2.75, 3.05) is 13.2 Å². The minimum Gasteiger partial charge on any atom is -0.361 e. The van der Waals surface area contributed by atoms with Crippen LogP contribution < -0.4 is 10.6 Å². The van der Waals surface area contributed by atoms with Crippen LogP contribution in [0, 0.1) is 0 Å². The van der Waals surface area contributed by atoms with Gasteiger partial charge in [-0.05, 0) is 13.3 Å². The fourth-order valence-electron chi connectivity index (χ4n) is 1.35. The van der Waals surface area contributed by atoms with E-state index in [0.717, 1.165) is 0 Å². The number of epoxide rings is 1. The molecule has 90 valence electrons. The van der Waals surface area contributed by atoms with E-state index in [1.165, 1.54) is 0 Å². The van der Waals surface area contributed by atoms with Gasteiger partial charge in [0, 0.05) is 0 Å². The Hall–Kier alpha value is -1.43. The Morgan fingerprint density at radius 1 is 1.56 bits per heavy atom. The van der Waals surface area contributed by atoms with Gasteiger partial charge in [0.25, 0.3) is 0 Å². The van der Waals surface area contributed by atoms with Crippen LogP contribution in [0.15, 0.2) is 0 Å². The van der Waals surface area contributed by atoms with Crippen molar-refractivity contribution >= 4 is 18.1 Å². The predicted octanol–water partition coefficient (Wildman–Crippen LogP) is -1.01. The number of hydrogen-bond donors (Lipinski definition) is 2. The minimum absolute atomic E-state index is 0.116. The highest BCUT2D eigenvalue weighted by Gasteiger charge is 2.49. The average Bonchev–Trinajstić information content (AvgIpc) is 3.01. The molecule has 1 aliphatic heterocycles. The van der Waals surface area contributed by atoms with Crippen LogP contribution in [0.1, 0.15) is 20.3 Å². The largest absolute Gasteiger partial charge is 0.361 e. The Bertz CT molecular complexity index is 299. The second-order valence-corrected chi connectivity index (χ2v) is 3.91. The first kappa shape index (κ1) is 12.6. The number of ketones is 1. The van der Waals surface area contributed by atoms with Crippen LogP contribution in [-0.4, -0.2) is 42.9 Å². The molecule has 0 unspecified atom stereocenters. The topological polar surface area (TPSA) is 87.8 Å². The van der Waals surface area contributed by atoms with E-state index in [-0.39, 0.29) is 18.2 Å². The number of rotatable bonds is 7. The summed E-state index contributed by atoms with van der Waals surface area (Å²) in [6, 6.07) is -0.548. The standard InChI is InChI=1S/C10H16N2O4/c1-3-7(9(15)10(2)5-16-10)12-8(14)4-11-6-13/h6-7H,3-5H2,1-2H3,(H,11,13)(H,12,14)/t7-,10+/m0/s1. The summed E-state index contributed by atoms with van der Waals surface area (Å²) < 4.78 is 5.03. The van der Waals surface area contributed by atoms with Crippen LogP contribution in [0.4, 0.5) is 0 Å². The summed E-state index contributed by atoms with van der Waals surface area (Å²) in [6.07, 6.45) is 0.943. The predicted molar refractivity (Wildman–Crippen MR) is 55.7 cm³/mol. The molecule has 1 fully saturated rings. The molecule has 1 rings (SSSR count). The third-order valence-electron chi connectivity index (χ3n) is 2.50. The summed E-state index contributed by atoms with van der Waals surface area (Å²) in [5.41, 5.74) is -0.730. The molecule has 0 aliphatic carbocycles. The fourth-order valence-corrected chi connectivity index (χ4v) is 1.35. The molecular weight excluding hydrogens is 212 g/mol. The summed E-state index contributed by atoms with van der Waals surface area (Å²) in [6.45, 7) is 3.80. The highest BCUT2D eigenvalue weighted by Crippen LogP contribution is 2.28. The Kier molecular flexibility index (Phi) is 4.00. The van der Waals surface area contributed by atoms with Crippen LogP contribution in [0.25, 0.3) is 0 Å². The lowest BCUT2D eigenvalue weighted by Crippen LogP contribution is -2.48. The Balaban J connectivity index is 2.45. The third kappa shape index (κ3) is 3.03. The quantitative estimate of drug-likeness (QED) is 0.431. The highest BCUT2D eigenvalue weighted by molar-refractivity contribution is 5.96. The third-order valence-corrected chi connectivity index (χ3v) is 2.50. The van der Waals surface area contributed by atoms with Gasteiger partial charge in [-0.15, -0.1) is 0 Å². The minimum atomic E-state index is -0.730. The summed E-state index contributed by atoms with van der Waals surface area (Å²) in [4.78, 5) is 33.1. The summed E-state index contributed by atoms with van der Waals surface area (Å²) in [5, 5.41) is 4.79. The molecule has 0 saturated carbocycles. The van der Waals surface area contributed by atoms with Gasteiger partial charge in [0.15, 0.2) is 5.78 Å². The molecule has 2 N–H and O–H groups in total. The lowest BCUT2D eigenvalue weighted by molar-refractivity contribution is -0.130. The van der Waals surface area contributed by atoms with Crippen molar-refractivity contribution < 1.29 is 19.1 Å². The van der Waals surface area contributed by atoms with Gasteiger partial charge in [0.05, 0.1) is 19.2 Å². The van der Waals surface area contributed by atoms with Crippen LogP contribution in [0.5, 0.6) is 0 Å². The molecule has 0 spiro atoms. The molecule has 0 aromatic rings. The van der Waals surface area contributed by atoms with E-state index in [1.54, 1.807) is 6.92 Å². The van der Waals surface area contributed by atoms with E-state index in [1.807, 2.05) is 6.92 Å². The lowest BCUT2D eigenvalue weighted by Gasteiger charge is -2.17. The smallest absolute Gasteiger partial charge is 0.239 e. The van der Waals surface area contributed by atoms with E-state index < -0.39 is 11.6 Å². The molecule has 0 bridgehead atoms. The Morgan fingerprint density at radius 2 is 2.19 bits per heavy atom. The molecule has 6 heteroatoms. The number of carbonyl (C=O) groups excluding carboxylic acids is 3. The lowest BCUT2D eigenvalue weighted by atomic mass is 9.99. The summed E-state index contributed by atoms with van der Waals surface area (Å²) >= 11 is 0. The summed E-state index contributed by atoms with van der Waals surface area (Å²) in [5.74, 6) is -0.494. The van der Waals surface area contributed by atoms with E-state index in [0.29, 0.717) is 19.4 Å². The van der Waals surface area contributed by atoms with Crippen molar-refractivity contribution in [3.8, 4) is 0 Å². The van der Waals surface area contributed by atoms with Gasteiger partial charge in [-0.1, -0.05) is 6.92 Å². The van der Waals surface area contributed by atoms with Gasteiger partial charge >= 0.3 is 0 Å². The molecular formula is C10H16N2O4. The average molecular weight is 228 g/mol. The Labute approximate surface area is 93.7 Å². The van der Waals surface area contributed by atoms with E-state index in [2.05, 4.69) is 10.6 Å². The van der Waals surface area contributed by atoms with Crippen molar-refractivity contribution in [3.05, 3.63) is 0 Å². The molecule has 0 aromatic carbocycles. The summed E-state index contributed by atoms with van der Waals surface area (Å²) in [7, 11) is 0. The van der Waals surface area contributed by atoms with E-state index in [4.69, 9.17) is 4.74 Å². The molecule has 2 amide bonds. The fraction of sp³-hybridized carbons (Fsp3) is 0.700. The number of hydrogen-bond acceptors (Lipinski definition) is 4. The van der Waals surface area contributed by atoms with Gasteiger partial charge < -0.3 is 15.4 Å². The van der Waals surface area contributed by atoms with Crippen molar-refractivity contribution in [3.63, 3.8) is 0 Å². The van der Waals surface area contributed by atoms with Gasteiger partial charge in [0.1, 0.15) is 5.60 Å². The normalized spacial score (nSPS) is 24.4. The second-order valence-electron chi connectivity index (χ2n) is 3.91. The molecule has 0 aromatic heterocycles. The van der Waals surface area contributed by atoms with Crippen molar-refractivity contribution in [2.24, 2.45) is 0 Å². The number of Topliss-reactive ketones (excluding diaryl/α,β-unsaturated/α-hetero) is 1. The van der Waals surface area contributed by atoms with Gasteiger partial charge in [-0.2, -0.15) is 0 Å². The molecule has 0 radical (unpaired) electrons. The van der Waals surface area contributed by atoms with Crippen molar-refractivity contribution in [1.82, 2.24) is 10.6 Å². The molecule has 1 saturated heterocycles. The maximum Gasteiger partial charge on any atom is 0.239 e. The highest BCUT2D eigenvalue weighted by atomic mass is 16.6. The van der Waals surface area contributed by atoms with Crippen molar-refractivity contribution in [2.45, 2.75) is 31.9 Å². The maximum absolute atomic E-state index is 11.8. The van der Waals surface area contributed by atoms with Crippen molar-refractivity contribution in [1.29, 1.82) is 0 Å². The first-order valence-corrected chi connectivity index (χ1v) is 5.18.